The van der Waals surface area contributed by atoms with E-state index in [1.165, 1.54) is 0 Å². The number of hydrogen-bond acceptors (Lipinski definition) is 5. The Kier molecular flexibility index (Phi) is 3.75. The van der Waals surface area contributed by atoms with Gasteiger partial charge in [0.05, 0.1) is 37.7 Å². The molecule has 6 heteroatoms. The van der Waals surface area contributed by atoms with Crippen molar-refractivity contribution in [2.24, 2.45) is 11.0 Å². The highest BCUT2D eigenvalue weighted by Gasteiger charge is 2.31. The summed E-state index contributed by atoms with van der Waals surface area (Å²) in [6, 6.07) is 5.44. The van der Waals surface area contributed by atoms with Crippen LogP contribution in [0.25, 0.3) is 0 Å². The van der Waals surface area contributed by atoms with Gasteiger partial charge < -0.3 is 14.6 Å². The van der Waals surface area contributed by atoms with Gasteiger partial charge in [0.25, 0.3) is 0 Å². The summed E-state index contributed by atoms with van der Waals surface area (Å²) in [5, 5.41) is 15.6. The van der Waals surface area contributed by atoms with Crippen molar-refractivity contribution < 1.29 is 19.4 Å². The number of nitrogens with zero attached hydrogens (tertiary/aromatic N) is 2. The van der Waals surface area contributed by atoms with Gasteiger partial charge in [-0.3, -0.25) is 5.01 Å². The van der Waals surface area contributed by atoms with E-state index in [2.05, 4.69) is 5.10 Å². The number of ether oxygens (including phenoxy) is 2. The number of hydrazone groups is 1. The normalized spacial score (nSPS) is 17.6. The second-order valence-electron chi connectivity index (χ2n) is 5.37. The van der Waals surface area contributed by atoms with Gasteiger partial charge in [-0.2, -0.15) is 5.10 Å². The number of rotatable bonds is 5. The molecule has 1 aliphatic carbocycles. The lowest BCUT2D eigenvalue weighted by Crippen LogP contribution is -2.29. The zero-order chi connectivity index (χ0) is 15.7. The highest BCUT2D eigenvalue weighted by Crippen LogP contribution is 2.36. The first kappa shape index (κ1) is 14.4. The fraction of sp³-hybridized carbons (Fsp3) is 0.375. The van der Waals surface area contributed by atoms with Crippen LogP contribution in [0.3, 0.4) is 0 Å². The molecule has 0 atom stereocenters. The minimum absolute atomic E-state index is 0.237. The molecule has 0 aromatic heterocycles. The minimum Gasteiger partial charge on any atom is -0.493 e. The number of allylic oxidation sites excluding steroid dienone is 1. The van der Waals surface area contributed by atoms with Crippen molar-refractivity contribution in [1.82, 2.24) is 0 Å². The van der Waals surface area contributed by atoms with Crippen molar-refractivity contribution in [1.29, 1.82) is 0 Å². The van der Waals surface area contributed by atoms with Gasteiger partial charge in [0.2, 0.25) is 0 Å². The molecule has 3 rings (SSSR count). The molecule has 22 heavy (non-hydrogen) atoms. The Balaban J connectivity index is 1.94. The molecule has 0 amide bonds. The lowest BCUT2D eigenvalue weighted by atomic mass is 10.1. The first-order chi connectivity index (χ1) is 10.6. The fourth-order valence-electron chi connectivity index (χ4n) is 2.43. The summed E-state index contributed by atoms with van der Waals surface area (Å²) in [5.41, 5.74) is 1.98. The maximum atomic E-state index is 11.3. The Labute approximate surface area is 128 Å². The summed E-state index contributed by atoms with van der Waals surface area (Å²) >= 11 is 0. The molecule has 1 aromatic carbocycles. The van der Waals surface area contributed by atoms with Crippen LogP contribution >= 0.6 is 0 Å². The first-order valence-electron chi connectivity index (χ1n) is 7.14. The molecule has 2 aliphatic rings. The van der Waals surface area contributed by atoms with Crippen molar-refractivity contribution >= 4 is 17.4 Å². The van der Waals surface area contributed by atoms with Gasteiger partial charge in [-0.15, -0.1) is 0 Å². The Morgan fingerprint density at radius 3 is 2.59 bits per heavy atom. The molecule has 0 radical (unpaired) electrons. The summed E-state index contributed by atoms with van der Waals surface area (Å²) in [6.45, 7) is 0.237. The van der Waals surface area contributed by atoms with E-state index < -0.39 is 5.97 Å². The topological polar surface area (TPSA) is 71.4 Å². The quantitative estimate of drug-likeness (QED) is 0.903. The van der Waals surface area contributed by atoms with Gasteiger partial charge in [0, 0.05) is 12.0 Å². The van der Waals surface area contributed by atoms with Crippen molar-refractivity contribution in [3.63, 3.8) is 0 Å². The molecule has 6 nitrogen and oxygen atoms in total. The molecule has 1 N–H and O–H groups in total. The molecule has 1 aromatic rings. The highest BCUT2D eigenvalue weighted by atomic mass is 16.5. The van der Waals surface area contributed by atoms with Crippen molar-refractivity contribution in [3.05, 3.63) is 29.8 Å². The standard InChI is InChI=1S/C16H18N2O4/c1-21-14-6-5-12(8-15(14)22-2)18-9-11(16(19)20)7-13(17-18)10-3-4-10/h5-8,10H,3-4,9H2,1-2H3,(H,19,20). The van der Waals surface area contributed by atoms with Crippen molar-refractivity contribution in [2.75, 3.05) is 25.8 Å². The third kappa shape index (κ3) is 2.77. The maximum absolute atomic E-state index is 11.3. The summed E-state index contributed by atoms with van der Waals surface area (Å²) in [7, 11) is 3.15. The molecule has 0 saturated heterocycles. The number of anilines is 1. The van der Waals surface area contributed by atoms with Gasteiger partial charge in [0.15, 0.2) is 11.5 Å². The van der Waals surface area contributed by atoms with Crippen molar-refractivity contribution in [2.45, 2.75) is 12.8 Å². The van der Waals surface area contributed by atoms with Crippen LogP contribution in [0.5, 0.6) is 11.5 Å². The lowest BCUT2D eigenvalue weighted by Gasteiger charge is -2.25. The number of hydrogen-bond donors (Lipinski definition) is 1. The average molecular weight is 302 g/mol. The molecule has 0 bridgehead atoms. The van der Waals surface area contributed by atoms with Crippen molar-refractivity contribution in [3.8, 4) is 11.5 Å². The zero-order valence-electron chi connectivity index (χ0n) is 12.6. The number of carboxylic acids is 1. The molecule has 116 valence electrons. The van der Waals surface area contributed by atoms with Gasteiger partial charge in [0.1, 0.15) is 0 Å². The zero-order valence-corrected chi connectivity index (χ0v) is 12.6. The van der Waals surface area contributed by atoms with Crippen LogP contribution in [0.15, 0.2) is 34.9 Å². The Bertz CT molecular complexity index is 662. The number of aliphatic carboxylic acids is 1. The van der Waals surface area contributed by atoms with Crippen LogP contribution in [0.1, 0.15) is 12.8 Å². The van der Waals surface area contributed by atoms with Crippen LogP contribution in [-0.2, 0) is 4.79 Å². The number of carbonyl (C=O) groups is 1. The number of methoxy groups -OCH3 is 2. The van der Waals surface area contributed by atoms with Crippen LogP contribution in [0.2, 0.25) is 0 Å². The van der Waals surface area contributed by atoms with E-state index in [1.807, 2.05) is 6.07 Å². The van der Waals surface area contributed by atoms with Crippen LogP contribution in [0.4, 0.5) is 5.69 Å². The molecule has 1 saturated carbocycles. The van der Waals surface area contributed by atoms with E-state index in [4.69, 9.17) is 9.47 Å². The van der Waals surface area contributed by atoms with Gasteiger partial charge in [-0.05, 0) is 31.1 Å². The van der Waals surface area contributed by atoms with E-state index in [0.29, 0.717) is 23.0 Å². The van der Waals surface area contributed by atoms with Crippen LogP contribution in [-0.4, -0.2) is 37.6 Å². The van der Waals surface area contributed by atoms with Gasteiger partial charge >= 0.3 is 5.97 Å². The average Bonchev–Trinajstić information content (AvgIpc) is 3.38. The van der Waals surface area contributed by atoms with Crippen LogP contribution < -0.4 is 14.5 Å². The van der Waals surface area contributed by atoms with E-state index >= 15 is 0 Å². The summed E-state index contributed by atoms with van der Waals surface area (Å²) in [4.78, 5) is 11.3. The second kappa shape index (κ2) is 5.71. The number of benzene rings is 1. The molecular weight excluding hydrogens is 284 g/mol. The smallest absolute Gasteiger partial charge is 0.333 e. The second-order valence-corrected chi connectivity index (χ2v) is 5.37. The Hall–Kier alpha value is -2.50. The predicted molar refractivity (Wildman–Crippen MR) is 82.8 cm³/mol. The molecular formula is C16H18N2O4. The predicted octanol–water partition coefficient (Wildman–Crippen LogP) is 2.30. The lowest BCUT2D eigenvalue weighted by molar-refractivity contribution is -0.132. The molecule has 0 unspecified atom stereocenters. The molecule has 0 spiro atoms. The maximum Gasteiger partial charge on any atom is 0.333 e. The molecule has 1 heterocycles. The minimum atomic E-state index is -0.904. The largest absolute Gasteiger partial charge is 0.493 e. The van der Waals surface area contributed by atoms with E-state index in [-0.39, 0.29) is 6.54 Å². The molecule has 1 aliphatic heterocycles. The van der Waals surface area contributed by atoms with Crippen LogP contribution in [0, 0.1) is 5.92 Å². The Morgan fingerprint density at radius 1 is 1.27 bits per heavy atom. The van der Waals surface area contributed by atoms with Gasteiger partial charge in [-0.25, -0.2) is 4.79 Å². The highest BCUT2D eigenvalue weighted by molar-refractivity contribution is 6.06. The third-order valence-corrected chi connectivity index (χ3v) is 3.81. The summed E-state index contributed by atoms with van der Waals surface area (Å²) < 4.78 is 10.5. The fourth-order valence-corrected chi connectivity index (χ4v) is 2.43. The summed E-state index contributed by atoms with van der Waals surface area (Å²) in [5.74, 6) is 0.703. The van der Waals surface area contributed by atoms with E-state index in [1.54, 1.807) is 37.4 Å². The third-order valence-electron chi connectivity index (χ3n) is 3.81. The number of carboxylic acid groups (broad SMARTS) is 1. The van der Waals surface area contributed by atoms with E-state index in [9.17, 15) is 9.90 Å². The monoisotopic (exact) mass is 302 g/mol. The van der Waals surface area contributed by atoms with Gasteiger partial charge in [-0.1, -0.05) is 0 Å². The SMILES string of the molecule is COc1ccc(N2CC(C(=O)O)=CC(C3CC3)=N2)cc1OC. The Morgan fingerprint density at radius 2 is 2.00 bits per heavy atom. The first-order valence-corrected chi connectivity index (χ1v) is 7.14. The summed E-state index contributed by atoms with van der Waals surface area (Å²) in [6.07, 6.45) is 3.85. The molecule has 1 fully saturated rings. The van der Waals surface area contributed by atoms with E-state index in [0.717, 1.165) is 24.2 Å².